The zero-order chi connectivity index (χ0) is 9.68. The maximum Gasteiger partial charge on any atom is 0.142 e. The first-order valence-electron chi connectivity index (χ1n) is 4.75. The van der Waals surface area contributed by atoms with Crippen molar-refractivity contribution in [3.05, 3.63) is 23.8 Å². The van der Waals surface area contributed by atoms with Gasteiger partial charge in [0, 0.05) is 7.05 Å². The van der Waals surface area contributed by atoms with Crippen molar-refractivity contribution < 1.29 is 4.74 Å². The van der Waals surface area contributed by atoms with E-state index in [2.05, 4.69) is 30.4 Å². The number of rotatable bonds is 4. The molecule has 0 aromatic heterocycles. The van der Waals surface area contributed by atoms with E-state index in [1.807, 2.05) is 14.0 Å². The third-order valence-electron chi connectivity index (χ3n) is 2.02. The van der Waals surface area contributed by atoms with E-state index in [9.17, 15) is 0 Å². The second-order valence-electron chi connectivity index (χ2n) is 2.87. The molecule has 0 amide bonds. The summed E-state index contributed by atoms with van der Waals surface area (Å²) < 4.78 is 5.51. The molecule has 0 fully saturated rings. The molecule has 0 aliphatic heterocycles. The Morgan fingerprint density at radius 2 is 2.08 bits per heavy atom. The van der Waals surface area contributed by atoms with Gasteiger partial charge in [0.25, 0.3) is 0 Å². The van der Waals surface area contributed by atoms with Gasteiger partial charge in [-0.3, -0.25) is 0 Å². The first-order valence-corrected chi connectivity index (χ1v) is 4.75. The Bertz CT molecular complexity index is 271. The van der Waals surface area contributed by atoms with Crippen molar-refractivity contribution in [3.8, 4) is 5.75 Å². The van der Waals surface area contributed by atoms with Crippen molar-refractivity contribution in [2.24, 2.45) is 0 Å². The van der Waals surface area contributed by atoms with E-state index in [1.165, 1.54) is 5.56 Å². The van der Waals surface area contributed by atoms with Gasteiger partial charge in [-0.15, -0.1) is 0 Å². The summed E-state index contributed by atoms with van der Waals surface area (Å²) in [5, 5.41) is 3.11. The second kappa shape index (κ2) is 4.75. The van der Waals surface area contributed by atoms with Crippen LogP contribution < -0.4 is 10.1 Å². The normalized spacial score (nSPS) is 9.77. The van der Waals surface area contributed by atoms with E-state index in [0.29, 0.717) is 6.61 Å². The molecule has 1 aromatic carbocycles. The lowest BCUT2D eigenvalue weighted by Gasteiger charge is -2.10. The van der Waals surface area contributed by atoms with Gasteiger partial charge in [-0.2, -0.15) is 0 Å². The van der Waals surface area contributed by atoms with Gasteiger partial charge in [-0.05, 0) is 31.0 Å². The fourth-order valence-corrected chi connectivity index (χ4v) is 1.27. The molecule has 1 rings (SSSR count). The van der Waals surface area contributed by atoms with E-state index in [0.717, 1.165) is 17.9 Å². The van der Waals surface area contributed by atoms with Gasteiger partial charge in [0.2, 0.25) is 0 Å². The molecule has 1 N–H and O–H groups in total. The number of ether oxygens (including phenoxy) is 1. The van der Waals surface area contributed by atoms with Gasteiger partial charge in [-0.1, -0.05) is 13.0 Å². The van der Waals surface area contributed by atoms with Gasteiger partial charge < -0.3 is 10.1 Å². The molecule has 0 aliphatic rings. The SMILES string of the molecule is CCOc1cc(CC)ccc1NC. The molecule has 0 atom stereocenters. The number of anilines is 1. The molecule has 0 saturated carbocycles. The van der Waals surface area contributed by atoms with Crippen LogP contribution in [0.5, 0.6) is 5.75 Å². The molecular weight excluding hydrogens is 162 g/mol. The summed E-state index contributed by atoms with van der Waals surface area (Å²) in [7, 11) is 1.91. The first-order chi connectivity index (χ1) is 6.31. The average molecular weight is 179 g/mol. The number of aryl methyl sites for hydroxylation is 1. The summed E-state index contributed by atoms with van der Waals surface area (Å²) in [6, 6.07) is 6.27. The average Bonchev–Trinajstić information content (AvgIpc) is 2.18. The second-order valence-corrected chi connectivity index (χ2v) is 2.87. The van der Waals surface area contributed by atoms with E-state index < -0.39 is 0 Å². The predicted molar refractivity (Wildman–Crippen MR) is 56.5 cm³/mol. The van der Waals surface area contributed by atoms with Crippen molar-refractivity contribution in [1.29, 1.82) is 0 Å². The summed E-state index contributed by atoms with van der Waals surface area (Å²) >= 11 is 0. The van der Waals surface area contributed by atoms with Crippen LogP contribution in [0.4, 0.5) is 5.69 Å². The molecule has 2 heteroatoms. The Hall–Kier alpha value is -1.18. The van der Waals surface area contributed by atoms with E-state index in [-0.39, 0.29) is 0 Å². The lowest BCUT2D eigenvalue weighted by molar-refractivity contribution is 0.341. The molecule has 0 spiro atoms. The van der Waals surface area contributed by atoms with Crippen LogP contribution in [0.25, 0.3) is 0 Å². The molecule has 0 radical (unpaired) electrons. The molecule has 0 unspecified atom stereocenters. The van der Waals surface area contributed by atoms with Gasteiger partial charge in [0.1, 0.15) is 5.75 Å². The smallest absolute Gasteiger partial charge is 0.142 e. The highest BCUT2D eigenvalue weighted by molar-refractivity contribution is 5.57. The van der Waals surface area contributed by atoms with Crippen LogP contribution >= 0.6 is 0 Å². The number of hydrogen-bond acceptors (Lipinski definition) is 2. The van der Waals surface area contributed by atoms with Crippen LogP contribution in [-0.4, -0.2) is 13.7 Å². The summed E-state index contributed by atoms with van der Waals surface area (Å²) in [6.07, 6.45) is 1.05. The molecule has 1 aromatic rings. The van der Waals surface area contributed by atoms with E-state index >= 15 is 0 Å². The minimum Gasteiger partial charge on any atom is -0.492 e. The molecule has 0 heterocycles. The Labute approximate surface area is 79.9 Å². The van der Waals surface area contributed by atoms with Crippen molar-refractivity contribution in [2.75, 3.05) is 19.0 Å². The van der Waals surface area contributed by atoms with Crippen molar-refractivity contribution in [1.82, 2.24) is 0 Å². The molecule has 0 bridgehead atoms. The molecule has 72 valence electrons. The highest BCUT2D eigenvalue weighted by atomic mass is 16.5. The van der Waals surface area contributed by atoms with Crippen molar-refractivity contribution in [3.63, 3.8) is 0 Å². The molecular formula is C11H17NO. The fourth-order valence-electron chi connectivity index (χ4n) is 1.27. The predicted octanol–water partition coefficient (Wildman–Crippen LogP) is 2.69. The minimum atomic E-state index is 0.710. The number of hydrogen-bond donors (Lipinski definition) is 1. The Morgan fingerprint density at radius 1 is 1.31 bits per heavy atom. The topological polar surface area (TPSA) is 21.3 Å². The Morgan fingerprint density at radius 3 is 2.62 bits per heavy atom. The monoisotopic (exact) mass is 179 g/mol. The summed E-state index contributed by atoms with van der Waals surface area (Å²) in [5.41, 5.74) is 2.36. The summed E-state index contributed by atoms with van der Waals surface area (Å²) in [4.78, 5) is 0. The highest BCUT2D eigenvalue weighted by Gasteiger charge is 2.01. The van der Waals surface area contributed by atoms with Crippen LogP contribution in [0.2, 0.25) is 0 Å². The van der Waals surface area contributed by atoms with Gasteiger partial charge in [0.05, 0.1) is 12.3 Å². The summed E-state index contributed by atoms with van der Waals surface area (Å²) in [6.45, 7) is 4.85. The van der Waals surface area contributed by atoms with Crippen LogP contribution in [0.15, 0.2) is 18.2 Å². The Kier molecular flexibility index (Phi) is 3.62. The van der Waals surface area contributed by atoms with Crippen molar-refractivity contribution >= 4 is 5.69 Å². The van der Waals surface area contributed by atoms with E-state index in [4.69, 9.17) is 4.74 Å². The van der Waals surface area contributed by atoms with Crippen LogP contribution in [-0.2, 0) is 6.42 Å². The van der Waals surface area contributed by atoms with Gasteiger partial charge in [-0.25, -0.2) is 0 Å². The first kappa shape index (κ1) is 9.90. The molecule has 13 heavy (non-hydrogen) atoms. The summed E-state index contributed by atoms with van der Waals surface area (Å²) in [5.74, 6) is 0.948. The van der Waals surface area contributed by atoms with Gasteiger partial charge >= 0.3 is 0 Å². The van der Waals surface area contributed by atoms with Crippen LogP contribution in [0.1, 0.15) is 19.4 Å². The quantitative estimate of drug-likeness (QED) is 0.767. The van der Waals surface area contributed by atoms with Crippen molar-refractivity contribution in [2.45, 2.75) is 20.3 Å². The zero-order valence-corrected chi connectivity index (χ0v) is 8.55. The number of benzene rings is 1. The highest BCUT2D eigenvalue weighted by Crippen LogP contribution is 2.25. The van der Waals surface area contributed by atoms with Crippen LogP contribution in [0, 0.1) is 0 Å². The maximum atomic E-state index is 5.51. The lowest BCUT2D eigenvalue weighted by Crippen LogP contribution is -1.98. The Balaban J connectivity index is 2.95. The number of nitrogens with one attached hydrogen (secondary N) is 1. The molecule has 0 aliphatic carbocycles. The van der Waals surface area contributed by atoms with Gasteiger partial charge in [0.15, 0.2) is 0 Å². The van der Waals surface area contributed by atoms with E-state index in [1.54, 1.807) is 0 Å². The minimum absolute atomic E-state index is 0.710. The third-order valence-corrected chi connectivity index (χ3v) is 2.02. The third kappa shape index (κ3) is 2.38. The maximum absolute atomic E-state index is 5.51. The molecule has 2 nitrogen and oxygen atoms in total. The molecule has 0 saturated heterocycles. The fraction of sp³-hybridized carbons (Fsp3) is 0.455. The zero-order valence-electron chi connectivity index (χ0n) is 8.55. The van der Waals surface area contributed by atoms with Crippen LogP contribution in [0.3, 0.4) is 0 Å². The standard InChI is InChI=1S/C11H17NO/c1-4-9-6-7-10(12-3)11(8-9)13-5-2/h6-8,12H,4-5H2,1-3H3. The largest absolute Gasteiger partial charge is 0.492 e. The lowest BCUT2D eigenvalue weighted by atomic mass is 10.1.